The average Bonchev–Trinajstić information content (AvgIpc) is 3.32. The average molecular weight is 457 g/mol. The number of hydrogen-bond acceptors (Lipinski definition) is 1. The fourth-order valence-corrected chi connectivity index (χ4v) is 8.01. The van der Waals surface area contributed by atoms with Crippen molar-refractivity contribution in [3.8, 4) is 0 Å². The topological polar surface area (TPSA) is 9.23 Å². The molecule has 2 heteroatoms. The van der Waals surface area contributed by atoms with E-state index >= 15 is 0 Å². The molecule has 6 rings (SSSR count). The number of fused-ring (bicyclic) bond motifs is 1. The zero-order chi connectivity index (χ0) is 22.8. The molecule has 34 heavy (non-hydrogen) atoms. The molecule has 5 aromatic carbocycles. The van der Waals surface area contributed by atoms with E-state index in [0.29, 0.717) is 0 Å². The summed E-state index contributed by atoms with van der Waals surface area (Å²) in [6.07, 6.45) is -0.0842. The molecule has 5 aromatic rings. The van der Waals surface area contributed by atoms with Gasteiger partial charge in [0, 0.05) is 5.30 Å². The second kappa shape index (κ2) is 9.03. The lowest BCUT2D eigenvalue weighted by Gasteiger charge is -2.40. The molecule has 1 aliphatic rings. The highest BCUT2D eigenvalue weighted by molar-refractivity contribution is 7.63. The SMILES string of the molecule is c1ccc([C@H]2OP(C(c3ccccc3)(c3ccccc3)c3ccccc3)c3ccccc32)cc1. The molecule has 0 amide bonds. The first-order valence-electron chi connectivity index (χ1n) is 11.7. The summed E-state index contributed by atoms with van der Waals surface area (Å²) >= 11 is 0. The third kappa shape index (κ3) is 3.41. The Hall–Kier alpha value is -3.51. The molecule has 1 unspecified atom stereocenters. The third-order valence-electron chi connectivity index (χ3n) is 6.63. The Bertz CT molecular complexity index is 1270. The highest BCUT2D eigenvalue weighted by Gasteiger charge is 2.50. The zero-order valence-corrected chi connectivity index (χ0v) is 19.7. The van der Waals surface area contributed by atoms with Crippen molar-refractivity contribution in [3.63, 3.8) is 0 Å². The minimum absolute atomic E-state index is 0.0842. The highest BCUT2D eigenvalue weighted by atomic mass is 31.1. The minimum atomic E-state index is -1.10. The third-order valence-corrected chi connectivity index (χ3v) is 9.28. The Labute approximate surface area is 202 Å². The van der Waals surface area contributed by atoms with Crippen LogP contribution in [0.3, 0.4) is 0 Å². The lowest BCUT2D eigenvalue weighted by molar-refractivity contribution is 0.287. The molecular formula is C32H25OP. The molecule has 0 fully saturated rings. The fraction of sp³-hybridized carbons (Fsp3) is 0.0625. The smallest absolute Gasteiger partial charge is 0.113 e. The van der Waals surface area contributed by atoms with Crippen LogP contribution in [0, 0.1) is 0 Å². The molecule has 0 saturated heterocycles. The normalized spacial score (nSPS) is 17.3. The molecule has 0 aromatic heterocycles. The Morgan fingerprint density at radius 2 is 0.882 bits per heavy atom. The van der Waals surface area contributed by atoms with Crippen LogP contribution in [0.1, 0.15) is 33.9 Å². The molecule has 1 nitrogen and oxygen atoms in total. The maximum atomic E-state index is 7.21. The summed E-state index contributed by atoms with van der Waals surface area (Å²) in [5.74, 6) is 0. The number of hydrogen-bond donors (Lipinski definition) is 0. The van der Waals surface area contributed by atoms with E-state index in [1.54, 1.807) is 0 Å². The predicted molar refractivity (Wildman–Crippen MR) is 142 cm³/mol. The van der Waals surface area contributed by atoms with Gasteiger partial charge in [-0.25, -0.2) is 0 Å². The van der Waals surface area contributed by atoms with Gasteiger partial charge in [-0.05, 0) is 27.8 Å². The van der Waals surface area contributed by atoms with Gasteiger partial charge in [-0.1, -0.05) is 146 Å². The largest absolute Gasteiger partial charge is 0.340 e. The number of benzene rings is 5. The Balaban J connectivity index is 1.66. The summed E-state index contributed by atoms with van der Waals surface area (Å²) in [6, 6.07) is 52.0. The summed E-state index contributed by atoms with van der Waals surface area (Å²) < 4.78 is 7.21. The van der Waals surface area contributed by atoms with Gasteiger partial charge in [0.25, 0.3) is 0 Å². The molecule has 1 aliphatic heterocycles. The van der Waals surface area contributed by atoms with E-state index in [0.717, 1.165) is 0 Å². The van der Waals surface area contributed by atoms with Crippen molar-refractivity contribution >= 4 is 13.5 Å². The lowest BCUT2D eigenvalue weighted by atomic mass is 9.84. The van der Waals surface area contributed by atoms with Gasteiger partial charge in [0.2, 0.25) is 0 Å². The van der Waals surface area contributed by atoms with Crippen LogP contribution in [0.4, 0.5) is 0 Å². The first-order valence-corrected chi connectivity index (χ1v) is 12.9. The lowest BCUT2D eigenvalue weighted by Crippen LogP contribution is -2.30. The van der Waals surface area contributed by atoms with Crippen molar-refractivity contribution in [1.29, 1.82) is 0 Å². The Kier molecular flexibility index (Phi) is 5.59. The van der Waals surface area contributed by atoms with Gasteiger partial charge in [0.15, 0.2) is 0 Å². The predicted octanol–water partition coefficient (Wildman–Crippen LogP) is 7.82. The van der Waals surface area contributed by atoms with E-state index in [2.05, 4.69) is 146 Å². The van der Waals surface area contributed by atoms with Gasteiger partial charge in [0.05, 0.1) is 13.3 Å². The minimum Gasteiger partial charge on any atom is -0.340 e. The van der Waals surface area contributed by atoms with E-state index < -0.39 is 13.3 Å². The first kappa shape index (κ1) is 21.1. The maximum Gasteiger partial charge on any atom is 0.113 e. The van der Waals surface area contributed by atoms with Crippen LogP contribution in [0.5, 0.6) is 0 Å². The van der Waals surface area contributed by atoms with Gasteiger partial charge in [0.1, 0.15) is 6.10 Å². The van der Waals surface area contributed by atoms with Crippen molar-refractivity contribution in [2.45, 2.75) is 11.3 Å². The maximum absolute atomic E-state index is 7.21. The Morgan fingerprint density at radius 1 is 0.471 bits per heavy atom. The summed E-state index contributed by atoms with van der Waals surface area (Å²) in [5.41, 5.74) is 6.22. The monoisotopic (exact) mass is 456 g/mol. The summed E-state index contributed by atoms with van der Waals surface area (Å²) in [4.78, 5) is 0. The van der Waals surface area contributed by atoms with Gasteiger partial charge >= 0.3 is 0 Å². The summed E-state index contributed by atoms with van der Waals surface area (Å²) in [5, 5.41) is 0.863. The molecule has 0 N–H and O–H groups in total. The van der Waals surface area contributed by atoms with Crippen molar-refractivity contribution in [2.24, 2.45) is 0 Å². The van der Waals surface area contributed by atoms with Crippen molar-refractivity contribution < 1.29 is 4.52 Å². The molecule has 0 radical (unpaired) electrons. The van der Waals surface area contributed by atoms with Gasteiger partial charge in [-0.3, -0.25) is 0 Å². The van der Waals surface area contributed by atoms with Crippen LogP contribution < -0.4 is 5.30 Å². The van der Waals surface area contributed by atoms with Crippen LogP contribution >= 0.6 is 8.15 Å². The number of rotatable bonds is 5. The van der Waals surface area contributed by atoms with Crippen LogP contribution in [0.15, 0.2) is 146 Å². The van der Waals surface area contributed by atoms with E-state index in [-0.39, 0.29) is 6.10 Å². The molecule has 164 valence electrons. The second-order valence-corrected chi connectivity index (χ2v) is 10.5. The van der Waals surface area contributed by atoms with Crippen LogP contribution in [0.25, 0.3) is 0 Å². The van der Waals surface area contributed by atoms with Gasteiger partial charge < -0.3 is 4.52 Å². The molecule has 0 saturated carbocycles. The standard InChI is InChI=1S/C32H25OP/c1-5-15-25(16-6-1)31-29-23-13-14-24-30(29)34(33-31)32(26-17-7-2-8-18-26,27-19-9-3-10-20-27)28-21-11-4-12-22-28/h1-24,31H/t31-,34?/m1/s1. The summed E-state index contributed by atoms with van der Waals surface area (Å²) in [7, 11) is -1.10. The van der Waals surface area contributed by atoms with Crippen molar-refractivity contribution in [3.05, 3.63) is 173 Å². The van der Waals surface area contributed by atoms with Crippen molar-refractivity contribution in [2.75, 3.05) is 0 Å². The van der Waals surface area contributed by atoms with E-state index in [1.165, 1.54) is 33.1 Å². The second-order valence-electron chi connectivity index (χ2n) is 8.56. The van der Waals surface area contributed by atoms with Crippen LogP contribution in [-0.2, 0) is 9.68 Å². The molecule has 0 spiro atoms. The van der Waals surface area contributed by atoms with Crippen LogP contribution in [0.2, 0.25) is 0 Å². The molecule has 2 atom stereocenters. The van der Waals surface area contributed by atoms with E-state index in [9.17, 15) is 0 Å². The van der Waals surface area contributed by atoms with Gasteiger partial charge in [-0.15, -0.1) is 0 Å². The van der Waals surface area contributed by atoms with Crippen LogP contribution in [-0.4, -0.2) is 0 Å². The van der Waals surface area contributed by atoms with Crippen molar-refractivity contribution in [1.82, 2.24) is 0 Å². The highest BCUT2D eigenvalue weighted by Crippen LogP contribution is 2.68. The van der Waals surface area contributed by atoms with E-state index in [1.807, 2.05) is 0 Å². The quantitative estimate of drug-likeness (QED) is 0.193. The molecular weight excluding hydrogens is 431 g/mol. The fourth-order valence-electron chi connectivity index (χ4n) is 5.13. The van der Waals surface area contributed by atoms with E-state index in [4.69, 9.17) is 4.52 Å². The Morgan fingerprint density at radius 3 is 1.38 bits per heavy atom. The molecule has 0 aliphatic carbocycles. The molecule has 1 heterocycles. The molecule has 0 bridgehead atoms. The summed E-state index contributed by atoms with van der Waals surface area (Å²) in [6.45, 7) is 0. The zero-order valence-electron chi connectivity index (χ0n) is 18.8. The first-order chi connectivity index (χ1) is 16.9. The van der Waals surface area contributed by atoms with Gasteiger partial charge in [-0.2, -0.15) is 0 Å².